The second-order valence-electron chi connectivity index (χ2n) is 4.37. The van der Waals surface area contributed by atoms with Gasteiger partial charge >= 0.3 is 6.61 Å². The molecule has 1 aromatic carbocycles. The second-order valence-corrected chi connectivity index (χ2v) is 5.86. The zero-order valence-electron chi connectivity index (χ0n) is 10.2. The lowest BCUT2D eigenvalue weighted by molar-refractivity contribution is -0.0498. The van der Waals surface area contributed by atoms with E-state index in [9.17, 15) is 8.78 Å². The minimum Gasteiger partial charge on any atom is -0.435 e. The summed E-state index contributed by atoms with van der Waals surface area (Å²) in [5, 5.41) is 4.03. The van der Waals surface area contributed by atoms with Crippen molar-refractivity contribution in [1.82, 2.24) is 0 Å². The highest BCUT2D eigenvalue weighted by Gasteiger charge is 2.21. The van der Waals surface area contributed by atoms with E-state index in [1.165, 1.54) is 12.2 Å². The molecule has 2 rings (SSSR count). The largest absolute Gasteiger partial charge is 0.435 e. The maximum atomic E-state index is 12.0. The van der Waals surface area contributed by atoms with Gasteiger partial charge in [-0.3, -0.25) is 0 Å². The van der Waals surface area contributed by atoms with Crippen molar-refractivity contribution in [3.63, 3.8) is 0 Å². The Morgan fingerprint density at radius 2 is 2.06 bits per heavy atom. The van der Waals surface area contributed by atoms with Crippen LogP contribution in [0.15, 0.2) is 24.3 Å². The van der Waals surface area contributed by atoms with Crippen LogP contribution < -0.4 is 10.1 Å². The van der Waals surface area contributed by atoms with E-state index in [1.54, 1.807) is 24.3 Å². The van der Waals surface area contributed by atoms with Gasteiger partial charge in [0.25, 0.3) is 0 Å². The second kappa shape index (κ2) is 6.27. The molecule has 1 N–H and O–H groups in total. The smallest absolute Gasteiger partial charge is 0.387 e. The number of hydrogen-bond donors (Lipinski definition) is 1. The van der Waals surface area contributed by atoms with Gasteiger partial charge in [0.2, 0.25) is 0 Å². The van der Waals surface area contributed by atoms with E-state index in [-0.39, 0.29) is 5.75 Å². The Hall–Kier alpha value is -0.970. The van der Waals surface area contributed by atoms with Crippen LogP contribution in [-0.2, 0) is 0 Å². The van der Waals surface area contributed by atoms with Crippen molar-refractivity contribution < 1.29 is 13.5 Å². The maximum absolute atomic E-state index is 12.0. The molecule has 100 valence electrons. The molecule has 1 aliphatic rings. The van der Waals surface area contributed by atoms with Crippen molar-refractivity contribution in [3.05, 3.63) is 24.3 Å². The first-order valence-electron chi connectivity index (χ1n) is 6.08. The molecule has 1 heterocycles. The van der Waals surface area contributed by atoms with Gasteiger partial charge in [-0.25, -0.2) is 0 Å². The van der Waals surface area contributed by atoms with Crippen LogP contribution in [-0.4, -0.2) is 23.7 Å². The molecule has 2 nitrogen and oxygen atoms in total. The van der Waals surface area contributed by atoms with E-state index in [0.29, 0.717) is 11.3 Å². The van der Waals surface area contributed by atoms with Gasteiger partial charge in [0, 0.05) is 17.0 Å². The van der Waals surface area contributed by atoms with Crippen LogP contribution in [0.5, 0.6) is 5.75 Å². The van der Waals surface area contributed by atoms with Crippen LogP contribution in [0.1, 0.15) is 19.8 Å². The minimum absolute atomic E-state index is 0.196. The van der Waals surface area contributed by atoms with E-state index in [2.05, 4.69) is 17.0 Å². The van der Waals surface area contributed by atoms with E-state index >= 15 is 0 Å². The van der Waals surface area contributed by atoms with Crippen molar-refractivity contribution in [1.29, 1.82) is 0 Å². The van der Waals surface area contributed by atoms with Gasteiger partial charge in [-0.15, -0.1) is 0 Å². The summed E-state index contributed by atoms with van der Waals surface area (Å²) in [7, 11) is 0. The molecule has 1 aromatic rings. The lowest BCUT2D eigenvalue weighted by Gasteiger charge is -2.30. The summed E-state index contributed by atoms with van der Waals surface area (Å²) in [6.07, 6.45) is 2.38. The fourth-order valence-electron chi connectivity index (χ4n) is 2.06. The number of alkyl halides is 2. The third kappa shape index (κ3) is 3.77. The van der Waals surface area contributed by atoms with Gasteiger partial charge in [-0.1, -0.05) is 6.92 Å². The standard InChI is InChI=1S/C13H17F2NOS/c1-9-12(3-2-8-18-9)16-10-4-6-11(7-5-10)17-13(14)15/h4-7,9,12-13,16H,2-3,8H2,1H3. The third-order valence-electron chi connectivity index (χ3n) is 3.04. The molecular weight excluding hydrogens is 256 g/mol. The molecule has 1 fully saturated rings. The Labute approximate surface area is 110 Å². The third-order valence-corrected chi connectivity index (χ3v) is 4.42. The molecule has 5 heteroatoms. The number of benzene rings is 1. The first-order valence-corrected chi connectivity index (χ1v) is 7.13. The summed E-state index contributed by atoms with van der Waals surface area (Å²) in [5.41, 5.74) is 0.955. The summed E-state index contributed by atoms with van der Waals surface area (Å²) in [6.45, 7) is -0.547. The van der Waals surface area contributed by atoms with Crippen LogP contribution in [0.4, 0.5) is 14.5 Å². The fourth-order valence-corrected chi connectivity index (χ4v) is 3.20. The first kappa shape index (κ1) is 13.5. The lowest BCUT2D eigenvalue weighted by atomic mass is 10.1. The Balaban J connectivity index is 1.93. The molecule has 0 saturated carbocycles. The average Bonchev–Trinajstić information content (AvgIpc) is 2.34. The van der Waals surface area contributed by atoms with E-state index in [4.69, 9.17) is 0 Å². The normalized spacial score (nSPS) is 24.0. The van der Waals surface area contributed by atoms with Gasteiger partial charge < -0.3 is 10.1 Å². The van der Waals surface area contributed by atoms with Crippen LogP contribution in [0.25, 0.3) is 0 Å². The van der Waals surface area contributed by atoms with Crippen LogP contribution in [0, 0.1) is 0 Å². The molecule has 0 amide bonds. The summed E-state index contributed by atoms with van der Waals surface area (Å²) in [5.74, 6) is 1.42. The highest BCUT2D eigenvalue weighted by atomic mass is 32.2. The molecule has 0 aliphatic carbocycles. The van der Waals surface area contributed by atoms with Crippen molar-refractivity contribution in [2.45, 2.75) is 37.7 Å². The number of thioether (sulfide) groups is 1. The Morgan fingerprint density at radius 3 is 2.67 bits per heavy atom. The lowest BCUT2D eigenvalue weighted by Crippen LogP contribution is -2.32. The molecule has 2 atom stereocenters. The highest BCUT2D eigenvalue weighted by Crippen LogP contribution is 2.28. The summed E-state index contributed by atoms with van der Waals surface area (Å²) in [6, 6.07) is 7.14. The molecule has 1 aliphatic heterocycles. The number of anilines is 1. The topological polar surface area (TPSA) is 21.3 Å². The van der Waals surface area contributed by atoms with Crippen LogP contribution >= 0.6 is 11.8 Å². The Bertz CT molecular complexity index is 372. The van der Waals surface area contributed by atoms with Crippen LogP contribution in [0.3, 0.4) is 0 Å². The van der Waals surface area contributed by atoms with Gasteiger partial charge in [0.05, 0.1) is 0 Å². The number of halogens is 2. The Morgan fingerprint density at radius 1 is 1.33 bits per heavy atom. The van der Waals surface area contributed by atoms with Crippen LogP contribution in [0.2, 0.25) is 0 Å². The van der Waals surface area contributed by atoms with E-state index in [0.717, 1.165) is 12.1 Å². The van der Waals surface area contributed by atoms with Gasteiger partial charge in [0.15, 0.2) is 0 Å². The minimum atomic E-state index is -2.77. The van der Waals surface area contributed by atoms with Crippen molar-refractivity contribution in [2.75, 3.05) is 11.1 Å². The monoisotopic (exact) mass is 273 g/mol. The predicted octanol–water partition coefficient (Wildman–Crippen LogP) is 3.98. The molecule has 1 saturated heterocycles. The first-order chi connectivity index (χ1) is 8.65. The number of hydrogen-bond acceptors (Lipinski definition) is 3. The summed E-state index contributed by atoms with van der Waals surface area (Å²) >= 11 is 1.97. The summed E-state index contributed by atoms with van der Waals surface area (Å²) in [4.78, 5) is 0. The number of ether oxygens (including phenoxy) is 1. The number of nitrogens with one attached hydrogen (secondary N) is 1. The quantitative estimate of drug-likeness (QED) is 0.896. The fraction of sp³-hybridized carbons (Fsp3) is 0.538. The summed E-state index contributed by atoms with van der Waals surface area (Å²) < 4.78 is 28.3. The zero-order valence-corrected chi connectivity index (χ0v) is 11.1. The molecule has 0 radical (unpaired) electrons. The molecular formula is C13H17F2NOS. The molecule has 0 aromatic heterocycles. The highest BCUT2D eigenvalue weighted by molar-refractivity contribution is 8.00. The van der Waals surface area contributed by atoms with Gasteiger partial charge in [0.1, 0.15) is 5.75 Å². The molecule has 18 heavy (non-hydrogen) atoms. The zero-order chi connectivity index (χ0) is 13.0. The average molecular weight is 273 g/mol. The predicted molar refractivity (Wildman–Crippen MR) is 71.6 cm³/mol. The molecule has 2 unspecified atom stereocenters. The van der Waals surface area contributed by atoms with Crippen molar-refractivity contribution in [3.8, 4) is 5.75 Å². The van der Waals surface area contributed by atoms with Gasteiger partial charge in [-0.2, -0.15) is 20.5 Å². The number of rotatable bonds is 4. The Kier molecular flexibility index (Phi) is 4.69. The maximum Gasteiger partial charge on any atom is 0.387 e. The van der Waals surface area contributed by atoms with Gasteiger partial charge in [-0.05, 0) is 42.9 Å². The van der Waals surface area contributed by atoms with E-state index < -0.39 is 6.61 Å². The molecule has 0 bridgehead atoms. The SMILES string of the molecule is CC1SCCCC1Nc1ccc(OC(F)F)cc1. The molecule has 0 spiro atoms. The van der Waals surface area contributed by atoms with Crippen molar-refractivity contribution in [2.24, 2.45) is 0 Å². The van der Waals surface area contributed by atoms with E-state index in [1.807, 2.05) is 11.8 Å². The van der Waals surface area contributed by atoms with Crippen molar-refractivity contribution >= 4 is 17.4 Å².